The number of unbranched alkanes of at least 4 members (excludes halogenated alkanes) is 1. The summed E-state index contributed by atoms with van der Waals surface area (Å²) >= 11 is 0. The molecule has 2 amide bonds. The molecule has 0 aromatic carbocycles. The molecule has 0 bridgehead atoms. The van der Waals surface area contributed by atoms with E-state index in [-0.39, 0.29) is 11.8 Å². The van der Waals surface area contributed by atoms with E-state index in [1.165, 1.54) is 0 Å². The number of nitrogens with two attached hydrogens (primary N) is 2. The Hall–Kier alpha value is -1.67. The first kappa shape index (κ1) is 23.3. The van der Waals surface area contributed by atoms with Gasteiger partial charge in [-0.3, -0.25) is 9.59 Å². The van der Waals surface area contributed by atoms with Crippen molar-refractivity contribution in [2.24, 2.45) is 23.3 Å². The summed E-state index contributed by atoms with van der Waals surface area (Å²) in [5.74, 6) is -2.04. The van der Waals surface area contributed by atoms with Crippen molar-refractivity contribution >= 4 is 17.8 Å². The Morgan fingerprint density at radius 3 is 2.04 bits per heavy atom. The third-order valence-electron chi connectivity index (χ3n) is 3.87. The van der Waals surface area contributed by atoms with Crippen LogP contribution in [0, 0.1) is 11.8 Å². The number of carbonyl (C=O) groups is 3. The fraction of sp³-hybridized carbons (Fsp3) is 0.824. The molecule has 0 rings (SSSR count). The average molecular weight is 358 g/mol. The van der Waals surface area contributed by atoms with Crippen molar-refractivity contribution in [2.45, 2.75) is 71.5 Å². The number of aliphatic carboxylic acids is 1. The molecule has 8 heteroatoms. The molecule has 146 valence electrons. The third kappa shape index (κ3) is 9.40. The van der Waals surface area contributed by atoms with Crippen LogP contribution >= 0.6 is 0 Å². The molecule has 0 saturated heterocycles. The topological polar surface area (TPSA) is 148 Å². The number of amides is 2. The van der Waals surface area contributed by atoms with Crippen molar-refractivity contribution in [1.29, 1.82) is 0 Å². The van der Waals surface area contributed by atoms with Crippen LogP contribution in [0.1, 0.15) is 53.4 Å². The lowest BCUT2D eigenvalue weighted by Crippen LogP contribution is -2.55. The Balaban J connectivity index is 4.98. The quantitative estimate of drug-likeness (QED) is 0.315. The second kappa shape index (κ2) is 11.8. The minimum atomic E-state index is -1.10. The number of carboxylic acid groups (broad SMARTS) is 1. The van der Waals surface area contributed by atoms with Gasteiger partial charge < -0.3 is 27.2 Å². The fourth-order valence-corrected chi connectivity index (χ4v) is 2.42. The molecule has 0 aromatic heterocycles. The van der Waals surface area contributed by atoms with E-state index in [9.17, 15) is 19.5 Å². The molecule has 0 spiro atoms. The minimum Gasteiger partial charge on any atom is -0.480 e. The first-order chi connectivity index (χ1) is 11.6. The van der Waals surface area contributed by atoms with Crippen LogP contribution in [0.3, 0.4) is 0 Å². The van der Waals surface area contributed by atoms with Crippen LogP contribution in [0.25, 0.3) is 0 Å². The number of carboxylic acids is 1. The van der Waals surface area contributed by atoms with E-state index in [0.717, 1.165) is 0 Å². The molecular weight excluding hydrogens is 324 g/mol. The second-order valence-corrected chi connectivity index (χ2v) is 7.15. The Labute approximate surface area is 150 Å². The molecule has 8 nitrogen and oxygen atoms in total. The SMILES string of the molecule is CC(C)CC(N)C(=O)NC(CCCCN)C(=O)NC(C(=O)O)C(C)C. The van der Waals surface area contributed by atoms with Crippen LogP contribution in [0.5, 0.6) is 0 Å². The highest BCUT2D eigenvalue weighted by Gasteiger charge is 2.29. The van der Waals surface area contributed by atoms with E-state index in [1.807, 2.05) is 13.8 Å². The maximum atomic E-state index is 12.5. The molecule has 0 aliphatic rings. The number of hydrogen-bond acceptors (Lipinski definition) is 5. The van der Waals surface area contributed by atoms with E-state index in [1.54, 1.807) is 13.8 Å². The zero-order chi connectivity index (χ0) is 19.6. The second-order valence-electron chi connectivity index (χ2n) is 7.15. The van der Waals surface area contributed by atoms with E-state index >= 15 is 0 Å². The predicted octanol–water partition coefficient (Wildman–Crippen LogP) is 0.199. The molecule has 0 fully saturated rings. The smallest absolute Gasteiger partial charge is 0.326 e. The summed E-state index contributed by atoms with van der Waals surface area (Å²) < 4.78 is 0. The lowest BCUT2D eigenvalue weighted by Gasteiger charge is -2.24. The normalized spacial score (nSPS) is 14.9. The van der Waals surface area contributed by atoms with Crippen molar-refractivity contribution in [3.63, 3.8) is 0 Å². The highest BCUT2D eigenvalue weighted by molar-refractivity contribution is 5.91. The standard InChI is InChI=1S/C17H34N4O4/c1-10(2)9-12(19)15(22)20-13(7-5-6-8-18)16(23)21-14(11(3)4)17(24)25/h10-14H,5-9,18-19H2,1-4H3,(H,20,22)(H,21,23)(H,24,25). The van der Waals surface area contributed by atoms with Gasteiger partial charge in [0.05, 0.1) is 6.04 Å². The van der Waals surface area contributed by atoms with Gasteiger partial charge >= 0.3 is 5.97 Å². The molecule has 0 radical (unpaired) electrons. The summed E-state index contributed by atoms with van der Waals surface area (Å²) in [6, 6.07) is -2.53. The van der Waals surface area contributed by atoms with Crippen LogP contribution in [0.15, 0.2) is 0 Å². The molecule has 3 atom stereocenters. The minimum absolute atomic E-state index is 0.252. The van der Waals surface area contributed by atoms with Crippen molar-refractivity contribution in [3.8, 4) is 0 Å². The van der Waals surface area contributed by atoms with Crippen LogP contribution in [0.4, 0.5) is 0 Å². The van der Waals surface area contributed by atoms with Crippen molar-refractivity contribution in [3.05, 3.63) is 0 Å². The largest absolute Gasteiger partial charge is 0.480 e. The first-order valence-electron chi connectivity index (χ1n) is 8.89. The molecule has 25 heavy (non-hydrogen) atoms. The van der Waals surface area contributed by atoms with Gasteiger partial charge in [0.25, 0.3) is 0 Å². The summed E-state index contributed by atoms with van der Waals surface area (Å²) in [4.78, 5) is 36.0. The molecule has 3 unspecified atom stereocenters. The van der Waals surface area contributed by atoms with E-state index in [4.69, 9.17) is 11.5 Å². The summed E-state index contributed by atoms with van der Waals surface area (Å²) in [6.07, 6.45) is 2.25. The van der Waals surface area contributed by atoms with Gasteiger partial charge in [-0.25, -0.2) is 4.79 Å². The summed E-state index contributed by atoms with van der Waals surface area (Å²) in [6.45, 7) is 7.81. The molecule has 0 aliphatic heterocycles. The van der Waals surface area contributed by atoms with Crippen LogP contribution in [0.2, 0.25) is 0 Å². The molecule has 7 N–H and O–H groups in total. The number of carbonyl (C=O) groups excluding carboxylic acids is 2. The fourth-order valence-electron chi connectivity index (χ4n) is 2.42. The maximum absolute atomic E-state index is 12.5. The highest BCUT2D eigenvalue weighted by Crippen LogP contribution is 2.07. The predicted molar refractivity (Wildman–Crippen MR) is 96.7 cm³/mol. The Morgan fingerprint density at radius 2 is 1.60 bits per heavy atom. The van der Waals surface area contributed by atoms with Gasteiger partial charge in [0.2, 0.25) is 11.8 Å². The molecule has 0 aliphatic carbocycles. The van der Waals surface area contributed by atoms with Crippen LogP contribution < -0.4 is 22.1 Å². The lowest BCUT2D eigenvalue weighted by molar-refractivity contribution is -0.143. The Kier molecular flexibility index (Phi) is 11.0. The first-order valence-corrected chi connectivity index (χ1v) is 8.89. The lowest BCUT2D eigenvalue weighted by atomic mass is 10.0. The molecule has 0 saturated carbocycles. The highest BCUT2D eigenvalue weighted by atomic mass is 16.4. The number of hydrogen-bond donors (Lipinski definition) is 5. The van der Waals surface area contributed by atoms with Gasteiger partial charge in [0.1, 0.15) is 12.1 Å². The van der Waals surface area contributed by atoms with Crippen LogP contribution in [-0.4, -0.2) is 47.6 Å². The van der Waals surface area contributed by atoms with Crippen LogP contribution in [-0.2, 0) is 14.4 Å². The van der Waals surface area contributed by atoms with Crippen molar-refractivity contribution in [1.82, 2.24) is 10.6 Å². The van der Waals surface area contributed by atoms with Gasteiger partial charge in [-0.05, 0) is 44.1 Å². The number of rotatable bonds is 12. The van der Waals surface area contributed by atoms with Crippen molar-refractivity contribution in [2.75, 3.05) is 6.54 Å². The van der Waals surface area contributed by atoms with Gasteiger partial charge in [-0.15, -0.1) is 0 Å². The molecular formula is C17H34N4O4. The van der Waals surface area contributed by atoms with Gasteiger partial charge in [-0.1, -0.05) is 27.7 Å². The van der Waals surface area contributed by atoms with E-state index in [0.29, 0.717) is 32.2 Å². The van der Waals surface area contributed by atoms with Crippen molar-refractivity contribution < 1.29 is 19.5 Å². The average Bonchev–Trinajstić information content (AvgIpc) is 2.49. The summed E-state index contributed by atoms with van der Waals surface area (Å²) in [5, 5.41) is 14.4. The Bertz CT molecular complexity index is 440. The molecule has 0 aromatic rings. The van der Waals surface area contributed by atoms with Gasteiger partial charge in [0.15, 0.2) is 0 Å². The van der Waals surface area contributed by atoms with Gasteiger partial charge in [0, 0.05) is 0 Å². The van der Waals surface area contributed by atoms with Gasteiger partial charge in [-0.2, -0.15) is 0 Å². The summed E-state index contributed by atoms with van der Waals surface area (Å²) in [7, 11) is 0. The summed E-state index contributed by atoms with van der Waals surface area (Å²) in [5.41, 5.74) is 11.3. The maximum Gasteiger partial charge on any atom is 0.326 e. The zero-order valence-corrected chi connectivity index (χ0v) is 15.7. The Morgan fingerprint density at radius 1 is 1.00 bits per heavy atom. The van der Waals surface area contributed by atoms with E-state index < -0.39 is 35.9 Å². The zero-order valence-electron chi connectivity index (χ0n) is 15.7. The molecule has 0 heterocycles. The monoisotopic (exact) mass is 358 g/mol. The van der Waals surface area contributed by atoms with E-state index in [2.05, 4.69) is 10.6 Å². The third-order valence-corrected chi connectivity index (χ3v) is 3.87. The number of nitrogens with one attached hydrogen (secondary N) is 2.